The van der Waals surface area contributed by atoms with Gasteiger partial charge in [0.25, 0.3) is 0 Å². The van der Waals surface area contributed by atoms with E-state index in [-0.39, 0.29) is 29.8 Å². The van der Waals surface area contributed by atoms with Crippen LogP contribution in [-0.4, -0.2) is 54.9 Å². The zero-order valence-electron chi connectivity index (χ0n) is 16.0. The van der Waals surface area contributed by atoms with Gasteiger partial charge < -0.3 is 4.74 Å². The van der Waals surface area contributed by atoms with Crippen LogP contribution in [0.3, 0.4) is 0 Å². The van der Waals surface area contributed by atoms with E-state index in [1.54, 1.807) is 16.4 Å². The Morgan fingerprint density at radius 1 is 1.15 bits per heavy atom. The van der Waals surface area contributed by atoms with E-state index >= 15 is 0 Å². The number of aryl methyl sites for hydroxylation is 1. The van der Waals surface area contributed by atoms with Crippen LogP contribution in [0.25, 0.3) is 0 Å². The molecule has 7 heteroatoms. The van der Waals surface area contributed by atoms with Gasteiger partial charge in [-0.2, -0.15) is 9.37 Å². The number of benzene rings is 1. The summed E-state index contributed by atoms with van der Waals surface area (Å²) >= 11 is 0. The Bertz CT molecular complexity index is 815. The number of ether oxygens (including phenoxy) is 1. The first-order valence-electron chi connectivity index (χ1n) is 10.1. The molecule has 0 aromatic heterocycles. The molecule has 0 N–H and O–H groups in total. The van der Waals surface area contributed by atoms with E-state index in [2.05, 4.69) is 0 Å². The van der Waals surface area contributed by atoms with Gasteiger partial charge in [-0.25, -0.2) is 8.42 Å². The van der Waals surface area contributed by atoms with Crippen LogP contribution in [0.1, 0.15) is 44.6 Å². The summed E-state index contributed by atoms with van der Waals surface area (Å²) in [7, 11) is -3.51. The molecular formula is C20H28N2O4S. The summed E-state index contributed by atoms with van der Waals surface area (Å²) in [6.45, 7) is 5.28. The average Bonchev–Trinajstić information content (AvgIpc) is 3.25. The maximum Gasteiger partial charge on any atom is 0.243 e. The molecule has 148 valence electrons. The summed E-state index contributed by atoms with van der Waals surface area (Å²) in [6.07, 6.45) is 5.17. The molecule has 3 aliphatic heterocycles. The Hall–Kier alpha value is -0.990. The zero-order chi connectivity index (χ0) is 18.8. The SMILES string of the molecule is Cc1ccc(S(=O)(=O)N2C[C@H]3[C@@H]([C@@H]2C)N(C2CCCCO2)OC32CC2)cc1. The van der Waals surface area contributed by atoms with Crippen LogP contribution >= 0.6 is 0 Å². The van der Waals surface area contributed by atoms with E-state index in [0.29, 0.717) is 11.4 Å². The summed E-state index contributed by atoms with van der Waals surface area (Å²) in [4.78, 5) is 6.79. The molecule has 1 aromatic rings. The second kappa shape index (κ2) is 6.26. The monoisotopic (exact) mass is 392 g/mol. The van der Waals surface area contributed by atoms with Crippen LogP contribution < -0.4 is 0 Å². The Balaban J connectivity index is 1.45. The van der Waals surface area contributed by atoms with E-state index in [0.717, 1.165) is 44.3 Å². The Morgan fingerprint density at radius 3 is 2.52 bits per heavy atom. The largest absolute Gasteiger partial charge is 0.361 e. The molecule has 0 amide bonds. The van der Waals surface area contributed by atoms with Gasteiger partial charge in [0.2, 0.25) is 10.0 Å². The summed E-state index contributed by atoms with van der Waals surface area (Å²) in [5.74, 6) is 0.221. The van der Waals surface area contributed by atoms with Crippen molar-refractivity contribution in [3.63, 3.8) is 0 Å². The molecule has 6 nitrogen and oxygen atoms in total. The molecule has 3 saturated heterocycles. The molecule has 5 rings (SSSR count). The second-order valence-electron chi connectivity index (χ2n) is 8.56. The molecule has 0 bridgehead atoms. The fourth-order valence-electron chi connectivity index (χ4n) is 5.10. The predicted molar refractivity (Wildman–Crippen MR) is 100 cm³/mol. The van der Waals surface area contributed by atoms with Crippen molar-refractivity contribution < 1.29 is 18.0 Å². The van der Waals surface area contributed by atoms with Crippen LogP contribution in [0.15, 0.2) is 29.2 Å². The van der Waals surface area contributed by atoms with E-state index in [4.69, 9.17) is 9.57 Å². The number of hydrogen-bond acceptors (Lipinski definition) is 5. The van der Waals surface area contributed by atoms with Crippen LogP contribution in [0, 0.1) is 12.8 Å². The van der Waals surface area contributed by atoms with Crippen LogP contribution in [0.5, 0.6) is 0 Å². The number of rotatable bonds is 3. The molecule has 4 fully saturated rings. The molecule has 27 heavy (non-hydrogen) atoms. The van der Waals surface area contributed by atoms with Crippen molar-refractivity contribution in [3.05, 3.63) is 29.8 Å². The lowest BCUT2D eigenvalue weighted by atomic mass is 9.93. The maximum atomic E-state index is 13.3. The normalized spacial score (nSPS) is 36.2. The first-order chi connectivity index (χ1) is 12.9. The van der Waals surface area contributed by atoms with E-state index in [1.807, 2.05) is 31.0 Å². The summed E-state index contributed by atoms with van der Waals surface area (Å²) < 4.78 is 34.4. The van der Waals surface area contributed by atoms with Gasteiger partial charge >= 0.3 is 0 Å². The third kappa shape index (κ3) is 2.78. The number of sulfonamides is 1. The maximum absolute atomic E-state index is 13.3. The molecule has 0 radical (unpaired) electrons. The lowest BCUT2D eigenvalue weighted by Crippen LogP contribution is -2.49. The third-order valence-corrected chi connectivity index (χ3v) is 8.77. The molecule has 1 saturated carbocycles. The first-order valence-corrected chi connectivity index (χ1v) is 11.5. The summed E-state index contributed by atoms with van der Waals surface area (Å²) in [5.41, 5.74) is 0.892. The molecule has 1 unspecified atom stereocenters. The number of hydroxylamine groups is 2. The van der Waals surface area contributed by atoms with Gasteiger partial charge in [-0.3, -0.25) is 4.84 Å². The summed E-state index contributed by atoms with van der Waals surface area (Å²) in [6, 6.07) is 7.10. The highest BCUT2D eigenvalue weighted by Gasteiger charge is 2.68. The van der Waals surface area contributed by atoms with Crippen LogP contribution in [0.4, 0.5) is 0 Å². The third-order valence-electron chi connectivity index (χ3n) is 6.80. The van der Waals surface area contributed by atoms with Gasteiger partial charge in [0.15, 0.2) is 0 Å². The second-order valence-corrected chi connectivity index (χ2v) is 10.5. The van der Waals surface area contributed by atoms with Crippen molar-refractivity contribution in [1.29, 1.82) is 0 Å². The van der Waals surface area contributed by atoms with E-state index in [1.165, 1.54) is 0 Å². The standard InChI is InChI=1S/C20H28N2O4S/c1-14-6-8-16(9-7-14)27(23,24)21-13-17-19(15(21)2)22(26-20(17)10-11-20)18-5-3-4-12-25-18/h6-9,15,17-19H,3-5,10-13H2,1-2H3/t15-,17-,18?,19+/m0/s1. The zero-order valence-corrected chi connectivity index (χ0v) is 16.8. The van der Waals surface area contributed by atoms with E-state index < -0.39 is 10.0 Å². The Morgan fingerprint density at radius 2 is 1.89 bits per heavy atom. The molecule has 1 spiro atoms. The highest BCUT2D eigenvalue weighted by Crippen LogP contribution is 2.58. The highest BCUT2D eigenvalue weighted by molar-refractivity contribution is 7.89. The quantitative estimate of drug-likeness (QED) is 0.792. The topological polar surface area (TPSA) is 59.1 Å². The van der Waals surface area contributed by atoms with Crippen molar-refractivity contribution in [1.82, 2.24) is 9.37 Å². The van der Waals surface area contributed by atoms with Crippen molar-refractivity contribution in [3.8, 4) is 0 Å². The smallest absolute Gasteiger partial charge is 0.243 e. The van der Waals surface area contributed by atoms with E-state index in [9.17, 15) is 8.42 Å². The fourth-order valence-corrected chi connectivity index (χ4v) is 6.77. The van der Waals surface area contributed by atoms with Gasteiger partial charge in [-0.05, 0) is 58.1 Å². The van der Waals surface area contributed by atoms with Gasteiger partial charge in [0.1, 0.15) is 6.23 Å². The minimum absolute atomic E-state index is 0.0456. The van der Waals surface area contributed by atoms with Gasteiger partial charge in [0.05, 0.1) is 16.5 Å². The minimum Gasteiger partial charge on any atom is -0.361 e. The van der Waals surface area contributed by atoms with Gasteiger partial charge in [0, 0.05) is 25.1 Å². The Kier molecular flexibility index (Phi) is 4.19. The number of nitrogens with zero attached hydrogens (tertiary/aromatic N) is 2. The van der Waals surface area contributed by atoms with Crippen molar-refractivity contribution in [2.45, 2.75) is 74.8 Å². The molecule has 4 atom stereocenters. The molecule has 1 aliphatic carbocycles. The Labute approximate surface area is 161 Å². The minimum atomic E-state index is -3.51. The van der Waals surface area contributed by atoms with Gasteiger partial charge in [-0.1, -0.05) is 17.7 Å². The fraction of sp³-hybridized carbons (Fsp3) is 0.700. The molecule has 3 heterocycles. The van der Waals surface area contributed by atoms with Crippen molar-refractivity contribution >= 4 is 10.0 Å². The summed E-state index contributed by atoms with van der Waals surface area (Å²) in [5, 5.41) is 2.03. The molecule has 4 aliphatic rings. The average molecular weight is 393 g/mol. The first kappa shape index (κ1) is 18.1. The van der Waals surface area contributed by atoms with Crippen molar-refractivity contribution in [2.24, 2.45) is 5.92 Å². The predicted octanol–water partition coefficient (Wildman–Crippen LogP) is 2.68. The molecular weight excluding hydrogens is 364 g/mol. The lowest BCUT2D eigenvalue weighted by Gasteiger charge is -2.36. The number of fused-ring (bicyclic) bond motifs is 2. The van der Waals surface area contributed by atoms with Gasteiger partial charge in [-0.15, -0.1) is 0 Å². The number of hydrogen-bond donors (Lipinski definition) is 0. The lowest BCUT2D eigenvalue weighted by molar-refractivity contribution is -0.273. The van der Waals surface area contributed by atoms with Crippen LogP contribution in [-0.2, 0) is 19.6 Å². The highest BCUT2D eigenvalue weighted by atomic mass is 32.2. The van der Waals surface area contributed by atoms with Crippen molar-refractivity contribution in [2.75, 3.05) is 13.2 Å². The molecule has 1 aromatic carbocycles. The van der Waals surface area contributed by atoms with Crippen LogP contribution in [0.2, 0.25) is 0 Å².